The summed E-state index contributed by atoms with van der Waals surface area (Å²) in [4.78, 5) is 26.1. The maximum Gasteiger partial charge on any atom is 0.320 e. The number of aryl methyl sites for hydroxylation is 1. The fourth-order valence-corrected chi connectivity index (χ4v) is 6.42. The smallest absolute Gasteiger partial charge is 0.320 e. The normalized spacial score (nSPS) is 18.3. The number of ether oxygens (including phenoxy) is 1. The fourth-order valence-electron chi connectivity index (χ4n) is 6.42. The fraction of sp³-hybridized carbons (Fsp3) is 0.500. The van der Waals surface area contributed by atoms with E-state index in [1.54, 1.807) is 4.68 Å². The molecule has 0 spiro atoms. The van der Waals surface area contributed by atoms with Crippen molar-refractivity contribution in [1.82, 2.24) is 34.6 Å². The highest BCUT2D eigenvalue weighted by Gasteiger charge is 2.30. The molecule has 2 atom stereocenters. The highest BCUT2D eigenvalue weighted by molar-refractivity contribution is 5.88. The van der Waals surface area contributed by atoms with Crippen LogP contribution in [0.3, 0.4) is 0 Å². The lowest BCUT2D eigenvalue weighted by Gasteiger charge is -2.33. The van der Waals surface area contributed by atoms with Crippen molar-refractivity contribution in [2.45, 2.75) is 64.0 Å². The molecule has 0 bridgehead atoms. The molecule has 0 saturated carbocycles. The summed E-state index contributed by atoms with van der Waals surface area (Å²) in [7, 11) is 6.13. The first-order valence-corrected chi connectivity index (χ1v) is 16.2. The predicted octanol–water partition coefficient (Wildman–Crippen LogP) is 5.02. The maximum absolute atomic E-state index is 13.1. The highest BCUT2D eigenvalue weighted by atomic mass is 16.5. The first-order valence-electron chi connectivity index (χ1n) is 16.2. The van der Waals surface area contributed by atoms with Crippen LogP contribution < -0.4 is 20.3 Å². The molecule has 1 saturated heterocycles. The van der Waals surface area contributed by atoms with Gasteiger partial charge in [-0.2, -0.15) is 5.10 Å². The Kier molecular flexibility index (Phi) is 10.3. The number of nitrogens with one attached hydrogen (secondary N) is 2. The van der Waals surface area contributed by atoms with Gasteiger partial charge in [0.25, 0.3) is 6.47 Å². The van der Waals surface area contributed by atoms with Crippen LogP contribution in [0.15, 0.2) is 48.7 Å². The van der Waals surface area contributed by atoms with Gasteiger partial charge in [-0.3, -0.25) is 19.2 Å². The molecule has 4 heterocycles. The van der Waals surface area contributed by atoms with Gasteiger partial charge >= 0.3 is 6.03 Å². The van der Waals surface area contributed by atoms with E-state index in [1.165, 1.54) is 0 Å². The molecule has 13 nitrogen and oxygen atoms in total. The number of rotatable bonds is 7. The lowest BCUT2D eigenvalue weighted by Crippen LogP contribution is -2.38. The molecule has 2 aliphatic rings. The zero-order valence-corrected chi connectivity index (χ0v) is 28.2. The molecule has 1 aromatic carbocycles. The van der Waals surface area contributed by atoms with E-state index in [4.69, 9.17) is 14.6 Å². The molecule has 2 amide bonds. The largest absolute Gasteiger partial charge is 0.484 e. The van der Waals surface area contributed by atoms with Crippen LogP contribution in [0.4, 0.5) is 16.6 Å². The van der Waals surface area contributed by atoms with E-state index < -0.39 is 0 Å². The Labute approximate surface area is 275 Å². The summed E-state index contributed by atoms with van der Waals surface area (Å²) in [6.07, 6.45) is 5.71. The quantitative estimate of drug-likeness (QED) is 0.236. The van der Waals surface area contributed by atoms with E-state index in [2.05, 4.69) is 87.1 Å². The van der Waals surface area contributed by atoms with Crippen LogP contribution in [-0.2, 0) is 17.3 Å². The SMILES string of the molecule is CN(C)CC1CCN(c2nnc3ccc(O[C@@H]4CC[C@H](NC(=O)Nc5cc(C(C)(C)C)nn5C)c5ccccc54)cn23)CC1.O=CO. The second-order valence-corrected chi connectivity index (χ2v) is 13.6. The monoisotopic (exact) mass is 645 g/mol. The minimum atomic E-state index is -0.250. The number of carboxylic acid groups (broad SMARTS) is 1. The zero-order valence-electron chi connectivity index (χ0n) is 28.2. The zero-order chi connectivity index (χ0) is 33.7. The third kappa shape index (κ3) is 8.02. The van der Waals surface area contributed by atoms with Crippen molar-refractivity contribution in [1.29, 1.82) is 0 Å². The van der Waals surface area contributed by atoms with E-state index >= 15 is 0 Å². The van der Waals surface area contributed by atoms with E-state index in [9.17, 15) is 4.79 Å². The van der Waals surface area contributed by atoms with Gasteiger partial charge in [-0.05, 0) is 69.0 Å². The van der Waals surface area contributed by atoms with Gasteiger partial charge in [-0.25, -0.2) is 4.79 Å². The third-order valence-electron chi connectivity index (χ3n) is 8.79. The van der Waals surface area contributed by atoms with Crippen molar-refractivity contribution in [3.63, 3.8) is 0 Å². The van der Waals surface area contributed by atoms with Crippen LogP contribution in [0.1, 0.15) is 75.4 Å². The Balaban J connectivity index is 0.00000139. The number of piperidine rings is 1. The number of pyridine rings is 1. The van der Waals surface area contributed by atoms with Crippen LogP contribution in [0.2, 0.25) is 0 Å². The standard InChI is InChI=1S/C33H45N9O2.CH2O2/c1-33(2,3)28-19-30(40(6)38-28)35-31(43)34-26-12-13-27(25-10-8-7-9-24(25)26)44-23-11-14-29-36-37-32(42(29)21-23)41-17-15-22(16-18-41)20-39(4)5;2-1-3/h7-11,14,19,21-22,26-27H,12-13,15-18,20H2,1-6H3,(H2,34,35,43);1H,(H,2,3)/t26-,27+;/m0./s1. The molecule has 13 heteroatoms. The molecule has 4 aromatic rings. The van der Waals surface area contributed by atoms with Gasteiger partial charge < -0.3 is 25.0 Å². The predicted molar refractivity (Wildman–Crippen MR) is 181 cm³/mol. The summed E-state index contributed by atoms with van der Waals surface area (Å²) < 4.78 is 10.4. The number of urea groups is 1. The minimum Gasteiger partial charge on any atom is -0.484 e. The molecule has 47 heavy (non-hydrogen) atoms. The van der Waals surface area contributed by atoms with Crippen LogP contribution >= 0.6 is 0 Å². The second kappa shape index (κ2) is 14.4. The number of anilines is 2. The van der Waals surface area contributed by atoms with Crippen LogP contribution in [0.25, 0.3) is 5.65 Å². The van der Waals surface area contributed by atoms with E-state index in [-0.39, 0.29) is 30.1 Å². The minimum absolute atomic E-state index is 0.102. The number of hydrogen-bond acceptors (Lipinski definition) is 8. The summed E-state index contributed by atoms with van der Waals surface area (Å²) in [5.74, 6) is 3.03. The summed E-state index contributed by atoms with van der Waals surface area (Å²) in [5, 5.41) is 26.6. The Morgan fingerprint density at radius 3 is 2.43 bits per heavy atom. The average Bonchev–Trinajstić information content (AvgIpc) is 3.62. The van der Waals surface area contributed by atoms with Crippen LogP contribution in [-0.4, -0.2) is 80.6 Å². The van der Waals surface area contributed by atoms with Crippen molar-refractivity contribution in [2.24, 2.45) is 13.0 Å². The Hall–Kier alpha value is -4.65. The molecule has 3 N–H and O–H groups in total. The molecule has 1 aliphatic carbocycles. The van der Waals surface area contributed by atoms with Crippen molar-refractivity contribution < 1.29 is 19.4 Å². The van der Waals surface area contributed by atoms with Crippen molar-refractivity contribution >= 4 is 29.9 Å². The first-order chi connectivity index (χ1) is 22.5. The summed E-state index contributed by atoms with van der Waals surface area (Å²) in [6.45, 7) is 9.14. The van der Waals surface area contributed by atoms with Gasteiger partial charge in [0, 0.05) is 38.2 Å². The summed E-state index contributed by atoms with van der Waals surface area (Å²) in [5.41, 5.74) is 3.80. The first kappa shape index (κ1) is 33.7. The lowest BCUT2D eigenvalue weighted by molar-refractivity contribution is -0.122. The number of carbonyl (C=O) groups excluding carboxylic acids is 1. The van der Waals surface area contributed by atoms with Gasteiger partial charge in [0.1, 0.15) is 17.7 Å². The van der Waals surface area contributed by atoms with Crippen molar-refractivity contribution in [3.8, 4) is 5.75 Å². The molecular formula is C34H47N9O4. The lowest BCUT2D eigenvalue weighted by atomic mass is 9.85. The number of amides is 2. The summed E-state index contributed by atoms with van der Waals surface area (Å²) in [6, 6.07) is 13.7. The second-order valence-electron chi connectivity index (χ2n) is 13.6. The highest BCUT2D eigenvalue weighted by Crippen LogP contribution is 2.39. The Morgan fingerprint density at radius 1 is 1.06 bits per heavy atom. The maximum atomic E-state index is 13.1. The van der Waals surface area contributed by atoms with E-state index in [1.807, 2.05) is 43.6 Å². The topological polar surface area (TPSA) is 142 Å². The average molecular weight is 646 g/mol. The van der Waals surface area contributed by atoms with Crippen molar-refractivity contribution in [2.75, 3.05) is 43.9 Å². The number of carbonyl (C=O) groups is 2. The molecule has 0 radical (unpaired) electrons. The number of hydrogen-bond donors (Lipinski definition) is 3. The number of benzene rings is 1. The molecule has 6 rings (SSSR count). The molecule has 1 aliphatic heterocycles. The third-order valence-corrected chi connectivity index (χ3v) is 8.79. The molecule has 3 aromatic heterocycles. The van der Waals surface area contributed by atoms with Crippen LogP contribution in [0, 0.1) is 5.92 Å². The van der Waals surface area contributed by atoms with E-state index in [0.717, 1.165) is 79.5 Å². The van der Waals surface area contributed by atoms with Gasteiger partial charge in [-0.1, -0.05) is 45.0 Å². The Bertz CT molecular complexity index is 1670. The number of aromatic nitrogens is 5. The van der Waals surface area contributed by atoms with Gasteiger partial charge in [0.2, 0.25) is 5.95 Å². The molecule has 252 valence electrons. The number of fused-ring (bicyclic) bond motifs is 2. The number of nitrogens with zero attached hydrogens (tertiary/aromatic N) is 7. The van der Waals surface area contributed by atoms with Gasteiger partial charge in [-0.15, -0.1) is 10.2 Å². The van der Waals surface area contributed by atoms with Crippen LogP contribution in [0.5, 0.6) is 5.75 Å². The molecule has 0 unspecified atom stereocenters. The van der Waals surface area contributed by atoms with E-state index in [0.29, 0.717) is 11.7 Å². The van der Waals surface area contributed by atoms with Gasteiger partial charge in [0.15, 0.2) is 5.65 Å². The molecule has 1 fully saturated rings. The summed E-state index contributed by atoms with van der Waals surface area (Å²) >= 11 is 0. The van der Waals surface area contributed by atoms with Gasteiger partial charge in [0.05, 0.1) is 17.9 Å². The molecular weight excluding hydrogens is 598 g/mol. The Morgan fingerprint density at radius 2 is 1.77 bits per heavy atom. The van der Waals surface area contributed by atoms with Crippen molar-refractivity contribution in [3.05, 3.63) is 65.5 Å².